The molecule has 1 fully saturated rings. The second-order valence-corrected chi connectivity index (χ2v) is 8.29. The van der Waals surface area contributed by atoms with Crippen LogP contribution in [0.1, 0.15) is 6.92 Å². The lowest BCUT2D eigenvalue weighted by atomic mass is 10.2. The third-order valence-corrected chi connectivity index (χ3v) is 5.77. The Hall–Kier alpha value is -2.00. The zero-order chi connectivity index (χ0) is 19.5. The number of rotatable bonds is 6. The molecule has 0 radical (unpaired) electrons. The smallest absolute Gasteiger partial charge is 0.246 e. The predicted octanol–water partition coefficient (Wildman–Crippen LogP) is 0.804. The molecule has 26 heavy (non-hydrogen) atoms. The van der Waals surface area contributed by atoms with E-state index in [1.807, 2.05) is 0 Å². The van der Waals surface area contributed by atoms with E-state index < -0.39 is 16.1 Å². The lowest BCUT2D eigenvalue weighted by molar-refractivity contribution is -0.135. The van der Waals surface area contributed by atoms with Crippen LogP contribution >= 0.6 is 11.6 Å². The van der Waals surface area contributed by atoms with Crippen molar-refractivity contribution in [2.45, 2.75) is 13.0 Å². The van der Waals surface area contributed by atoms with Crippen LogP contribution in [-0.2, 0) is 19.6 Å². The molecule has 0 N–H and O–H groups in total. The molecule has 1 atom stereocenters. The summed E-state index contributed by atoms with van der Waals surface area (Å²) in [6.45, 7) is 3.11. The van der Waals surface area contributed by atoms with Crippen LogP contribution in [0.4, 0.5) is 5.69 Å². The van der Waals surface area contributed by atoms with Crippen molar-refractivity contribution < 1.29 is 22.7 Å². The number of sulfonamides is 1. The number of anilines is 1. The van der Waals surface area contributed by atoms with Crippen molar-refractivity contribution >= 4 is 39.6 Å². The molecule has 0 spiro atoms. The molecule has 1 aliphatic rings. The molecule has 2 amide bonds. The Balaban J connectivity index is 2.28. The fourth-order valence-electron chi connectivity index (χ4n) is 2.91. The van der Waals surface area contributed by atoms with Crippen molar-refractivity contribution in [3.05, 3.63) is 23.2 Å². The first-order valence-corrected chi connectivity index (χ1v) is 10.2. The van der Waals surface area contributed by atoms with Gasteiger partial charge in [0.2, 0.25) is 22.3 Å². The Morgan fingerprint density at radius 2 is 1.92 bits per heavy atom. The minimum Gasteiger partial charge on any atom is -0.495 e. The van der Waals surface area contributed by atoms with E-state index in [4.69, 9.17) is 16.3 Å². The molecular formula is C16H22ClN3O5S. The molecule has 0 saturated carbocycles. The first kappa shape index (κ1) is 20.3. The third kappa shape index (κ3) is 4.39. The molecule has 1 saturated heterocycles. The highest BCUT2D eigenvalue weighted by Crippen LogP contribution is 2.31. The van der Waals surface area contributed by atoms with Crippen LogP contribution in [0.5, 0.6) is 5.75 Å². The van der Waals surface area contributed by atoms with E-state index in [9.17, 15) is 18.0 Å². The number of ether oxygens (including phenoxy) is 1. The summed E-state index contributed by atoms with van der Waals surface area (Å²) in [4.78, 5) is 26.7. The predicted molar refractivity (Wildman–Crippen MR) is 99.0 cm³/mol. The number of nitrogens with zero attached hydrogens (tertiary/aromatic N) is 3. The maximum atomic E-state index is 12.8. The minimum atomic E-state index is -3.73. The molecule has 2 rings (SSSR count). The summed E-state index contributed by atoms with van der Waals surface area (Å²) < 4.78 is 30.8. The van der Waals surface area contributed by atoms with Crippen molar-refractivity contribution in [1.82, 2.24) is 9.80 Å². The normalized spacial score (nSPS) is 16.2. The van der Waals surface area contributed by atoms with Crippen LogP contribution in [0.3, 0.4) is 0 Å². The summed E-state index contributed by atoms with van der Waals surface area (Å²) >= 11 is 6.11. The number of hydrogen-bond acceptors (Lipinski definition) is 5. The average molecular weight is 404 g/mol. The standard InChI is InChI=1S/C16H22ClN3O5S/c1-12(16(22)19-8-6-18(11-21)7-9-19)20(26(3,23)24)13-4-5-15(25-2)14(17)10-13/h4-5,10-12H,6-9H2,1-3H3/t12-/m0/s1. The fourth-order valence-corrected chi connectivity index (χ4v) is 4.32. The van der Waals surface area contributed by atoms with Gasteiger partial charge < -0.3 is 14.5 Å². The maximum absolute atomic E-state index is 12.8. The van der Waals surface area contributed by atoms with E-state index in [2.05, 4.69) is 0 Å². The molecule has 0 unspecified atom stereocenters. The molecule has 1 aromatic rings. The Labute approximate surface area is 158 Å². The van der Waals surface area contributed by atoms with Gasteiger partial charge >= 0.3 is 0 Å². The molecule has 1 aliphatic heterocycles. The van der Waals surface area contributed by atoms with Gasteiger partial charge in [-0.25, -0.2) is 8.42 Å². The largest absolute Gasteiger partial charge is 0.495 e. The number of hydrogen-bond donors (Lipinski definition) is 0. The Morgan fingerprint density at radius 1 is 1.31 bits per heavy atom. The van der Waals surface area contributed by atoms with E-state index in [1.54, 1.807) is 21.9 Å². The highest BCUT2D eigenvalue weighted by atomic mass is 35.5. The van der Waals surface area contributed by atoms with Crippen molar-refractivity contribution in [1.29, 1.82) is 0 Å². The van der Waals surface area contributed by atoms with Crippen LogP contribution in [0.2, 0.25) is 5.02 Å². The van der Waals surface area contributed by atoms with E-state index in [0.717, 1.165) is 17.0 Å². The molecule has 0 aromatic heterocycles. The maximum Gasteiger partial charge on any atom is 0.246 e. The molecule has 10 heteroatoms. The molecule has 8 nitrogen and oxygen atoms in total. The minimum absolute atomic E-state index is 0.248. The number of carbonyl (C=O) groups is 2. The van der Waals surface area contributed by atoms with Gasteiger partial charge in [0.05, 0.1) is 24.1 Å². The van der Waals surface area contributed by atoms with E-state index >= 15 is 0 Å². The molecule has 1 heterocycles. The van der Waals surface area contributed by atoms with Gasteiger partial charge in [0.25, 0.3) is 0 Å². The van der Waals surface area contributed by atoms with Crippen LogP contribution in [0, 0.1) is 0 Å². The molecule has 0 aliphatic carbocycles. The average Bonchev–Trinajstić information content (AvgIpc) is 2.60. The van der Waals surface area contributed by atoms with Crippen LogP contribution in [0.15, 0.2) is 18.2 Å². The van der Waals surface area contributed by atoms with Gasteiger partial charge in [-0.15, -0.1) is 0 Å². The zero-order valence-electron chi connectivity index (χ0n) is 14.9. The Morgan fingerprint density at radius 3 is 2.38 bits per heavy atom. The number of amides is 2. The van der Waals surface area contributed by atoms with E-state index in [0.29, 0.717) is 31.9 Å². The van der Waals surface area contributed by atoms with Crippen LogP contribution < -0.4 is 9.04 Å². The second kappa shape index (κ2) is 8.13. The van der Waals surface area contributed by atoms with Gasteiger partial charge in [-0.05, 0) is 25.1 Å². The summed E-state index contributed by atoms with van der Waals surface area (Å²) in [5.74, 6) is 0.0840. The van der Waals surface area contributed by atoms with E-state index in [1.165, 1.54) is 20.1 Å². The first-order chi connectivity index (χ1) is 12.2. The van der Waals surface area contributed by atoms with Crippen LogP contribution in [0.25, 0.3) is 0 Å². The summed E-state index contributed by atoms with van der Waals surface area (Å²) in [6, 6.07) is 3.60. The van der Waals surface area contributed by atoms with Gasteiger partial charge in [-0.2, -0.15) is 0 Å². The topological polar surface area (TPSA) is 87.2 Å². The summed E-state index contributed by atoms with van der Waals surface area (Å²) in [5.41, 5.74) is 0.283. The first-order valence-electron chi connectivity index (χ1n) is 8.00. The molecule has 0 bridgehead atoms. The molecule has 144 valence electrons. The van der Waals surface area contributed by atoms with Crippen molar-refractivity contribution in [3.63, 3.8) is 0 Å². The lowest BCUT2D eigenvalue weighted by Crippen LogP contribution is -2.55. The number of methoxy groups -OCH3 is 1. The molecule has 1 aromatic carbocycles. The number of piperazine rings is 1. The second-order valence-electron chi connectivity index (χ2n) is 6.02. The van der Waals surface area contributed by atoms with Crippen LogP contribution in [-0.4, -0.2) is 76.1 Å². The van der Waals surface area contributed by atoms with Crippen molar-refractivity contribution in [2.24, 2.45) is 0 Å². The van der Waals surface area contributed by atoms with Crippen molar-refractivity contribution in [3.8, 4) is 5.75 Å². The fraction of sp³-hybridized carbons (Fsp3) is 0.500. The summed E-state index contributed by atoms with van der Waals surface area (Å²) in [5, 5.41) is 0.248. The quantitative estimate of drug-likeness (QED) is 0.656. The van der Waals surface area contributed by atoms with Gasteiger partial charge in [0, 0.05) is 26.2 Å². The number of halogens is 1. The van der Waals surface area contributed by atoms with E-state index in [-0.39, 0.29) is 16.6 Å². The SMILES string of the molecule is COc1ccc(N([C@@H](C)C(=O)N2CCN(C=O)CC2)S(C)(=O)=O)cc1Cl. The van der Waals surface area contributed by atoms with Gasteiger partial charge in [-0.3, -0.25) is 13.9 Å². The van der Waals surface area contributed by atoms with Gasteiger partial charge in [0.1, 0.15) is 11.8 Å². The zero-order valence-corrected chi connectivity index (χ0v) is 16.5. The molecular weight excluding hydrogens is 382 g/mol. The van der Waals surface area contributed by atoms with Gasteiger partial charge in [0.15, 0.2) is 0 Å². The highest BCUT2D eigenvalue weighted by Gasteiger charge is 2.33. The third-order valence-electron chi connectivity index (χ3n) is 4.23. The highest BCUT2D eigenvalue weighted by molar-refractivity contribution is 7.92. The lowest BCUT2D eigenvalue weighted by Gasteiger charge is -2.37. The summed E-state index contributed by atoms with van der Waals surface area (Å²) in [7, 11) is -2.27. The van der Waals surface area contributed by atoms with Gasteiger partial charge in [-0.1, -0.05) is 11.6 Å². The number of carbonyl (C=O) groups excluding carboxylic acids is 2. The Kier molecular flexibility index (Phi) is 6.35. The number of benzene rings is 1. The monoisotopic (exact) mass is 403 g/mol. The Bertz CT molecular complexity index is 778. The van der Waals surface area contributed by atoms with Crippen molar-refractivity contribution in [2.75, 3.05) is 43.8 Å². The summed E-state index contributed by atoms with van der Waals surface area (Å²) in [6.07, 6.45) is 1.78.